The number of β-lactam (4-membered cyclic amide) rings is 1. The van der Waals surface area contributed by atoms with Gasteiger partial charge in [0.2, 0.25) is 0 Å². The number of carbonyl (C=O) groups excluding carboxylic acids is 2. The van der Waals surface area contributed by atoms with Crippen molar-refractivity contribution in [2.45, 2.75) is 16.3 Å². The highest BCUT2D eigenvalue weighted by atomic mass is 127. The third-order valence-corrected chi connectivity index (χ3v) is 8.89. The number of carboxylic acids is 1. The molecule has 166 valence electrons. The van der Waals surface area contributed by atoms with Crippen molar-refractivity contribution in [3.63, 3.8) is 0 Å². The number of aliphatic carboxylic acids is 1. The fourth-order valence-electron chi connectivity index (χ4n) is 3.22. The normalized spacial score (nSPS) is 19.8. The van der Waals surface area contributed by atoms with E-state index in [0.29, 0.717) is 21.4 Å². The molecule has 0 spiro atoms. The second-order valence-electron chi connectivity index (χ2n) is 6.81. The zero-order valence-corrected chi connectivity index (χ0v) is 20.8. The van der Waals surface area contributed by atoms with Crippen molar-refractivity contribution in [3.8, 4) is 5.75 Å². The fourth-order valence-corrected chi connectivity index (χ4v) is 6.56. The lowest BCUT2D eigenvalue weighted by molar-refractivity contribution is -0.150. The number of carboxylic acid groups (broad SMARTS) is 1. The number of nitrogens with zero attached hydrogens (tertiary/aromatic N) is 1. The van der Waals surface area contributed by atoms with Gasteiger partial charge < -0.3 is 15.2 Å². The van der Waals surface area contributed by atoms with E-state index in [0.717, 1.165) is 8.47 Å². The average molecular weight is 603 g/mol. The van der Waals surface area contributed by atoms with Gasteiger partial charge in [0.25, 0.3) is 11.8 Å². The molecule has 0 saturated carbocycles. The minimum Gasteiger partial charge on any atom is -0.484 e. The molecule has 0 unspecified atom stereocenters. The number of rotatable bonds is 7. The second-order valence-corrected chi connectivity index (χ2v) is 10.6. The summed E-state index contributed by atoms with van der Waals surface area (Å²) in [7, 11) is 0. The van der Waals surface area contributed by atoms with Crippen LogP contribution < -0.4 is 10.1 Å². The summed E-state index contributed by atoms with van der Waals surface area (Å²) in [5, 5.41) is 12.5. The maximum absolute atomic E-state index is 12.8. The summed E-state index contributed by atoms with van der Waals surface area (Å²) in [5.74, 6) is -1.16. The number of halogens is 2. The van der Waals surface area contributed by atoms with E-state index in [4.69, 9.17) is 16.3 Å². The van der Waals surface area contributed by atoms with Crippen LogP contribution in [0.2, 0.25) is 5.02 Å². The van der Waals surface area contributed by atoms with Gasteiger partial charge in [0.15, 0.2) is 6.61 Å². The summed E-state index contributed by atoms with van der Waals surface area (Å²) in [6, 6.07) is 13.4. The van der Waals surface area contributed by atoms with Crippen LogP contribution in [0.25, 0.3) is 0 Å². The van der Waals surface area contributed by atoms with E-state index in [-0.39, 0.29) is 12.3 Å². The van der Waals surface area contributed by atoms with Gasteiger partial charge in [0, 0.05) is 24.1 Å². The van der Waals surface area contributed by atoms with Crippen LogP contribution in [0.4, 0.5) is 0 Å². The maximum atomic E-state index is 12.8. The Morgan fingerprint density at radius 1 is 1.25 bits per heavy atom. The lowest BCUT2D eigenvalue weighted by atomic mass is 10.1. The highest BCUT2D eigenvalue weighted by Gasteiger charge is 2.54. The third-order valence-electron chi connectivity index (χ3n) is 4.71. The number of nitrogens with one attached hydrogen (secondary N) is 1. The van der Waals surface area contributed by atoms with Crippen molar-refractivity contribution in [2.24, 2.45) is 0 Å². The molecule has 2 aliphatic rings. The van der Waals surface area contributed by atoms with Gasteiger partial charge in [-0.25, -0.2) is 4.79 Å². The molecule has 32 heavy (non-hydrogen) atoms. The Bertz CT molecular complexity index is 1110. The number of amides is 2. The average Bonchev–Trinajstić information content (AvgIpc) is 2.78. The summed E-state index contributed by atoms with van der Waals surface area (Å²) in [5.41, 5.74) is -0.0219. The SMILES string of the molecule is O=C(COc1ccc(Cl)cc1)N[C@@H]1C(=O)N2C(C(=O)O)=C(Sc3ccccc3I)CS[C@H]12. The van der Waals surface area contributed by atoms with Gasteiger partial charge in [0.1, 0.15) is 22.9 Å². The first-order valence-electron chi connectivity index (χ1n) is 9.36. The van der Waals surface area contributed by atoms with Crippen LogP contribution in [0.5, 0.6) is 5.75 Å². The largest absolute Gasteiger partial charge is 0.484 e. The first kappa shape index (κ1) is 23.3. The Balaban J connectivity index is 1.42. The molecule has 2 aliphatic heterocycles. The Morgan fingerprint density at radius 2 is 1.97 bits per heavy atom. The van der Waals surface area contributed by atoms with Gasteiger partial charge in [0.05, 0.1) is 0 Å². The number of fused-ring (bicyclic) bond motifs is 1. The number of hydrogen-bond acceptors (Lipinski definition) is 6. The summed E-state index contributed by atoms with van der Waals surface area (Å²) >= 11 is 10.8. The quantitative estimate of drug-likeness (QED) is 0.368. The van der Waals surface area contributed by atoms with E-state index in [2.05, 4.69) is 27.9 Å². The lowest BCUT2D eigenvalue weighted by Gasteiger charge is -2.49. The number of hydrogen-bond donors (Lipinski definition) is 2. The van der Waals surface area contributed by atoms with Crippen LogP contribution in [0.3, 0.4) is 0 Å². The molecular weight excluding hydrogens is 587 g/mol. The van der Waals surface area contributed by atoms with Gasteiger partial charge in [-0.3, -0.25) is 14.5 Å². The van der Waals surface area contributed by atoms with Crippen LogP contribution in [0, 0.1) is 3.57 Å². The molecule has 2 aromatic carbocycles. The van der Waals surface area contributed by atoms with Crippen LogP contribution in [-0.2, 0) is 14.4 Å². The highest BCUT2D eigenvalue weighted by Crippen LogP contribution is 2.45. The molecule has 2 N–H and O–H groups in total. The summed E-state index contributed by atoms with van der Waals surface area (Å²) in [6.45, 7) is -0.266. The number of ether oxygens (including phenoxy) is 1. The molecule has 2 amide bonds. The molecule has 0 aliphatic carbocycles. The Morgan fingerprint density at radius 3 is 2.66 bits per heavy atom. The summed E-state index contributed by atoms with van der Waals surface area (Å²) in [4.78, 5) is 39.8. The van der Waals surface area contributed by atoms with Crippen molar-refractivity contribution < 1.29 is 24.2 Å². The molecule has 0 radical (unpaired) electrons. The molecule has 0 aromatic heterocycles. The van der Waals surface area contributed by atoms with Gasteiger partial charge in [-0.15, -0.1) is 11.8 Å². The van der Waals surface area contributed by atoms with Crippen LogP contribution in [0.15, 0.2) is 64.0 Å². The van der Waals surface area contributed by atoms with Gasteiger partial charge in [-0.1, -0.05) is 35.5 Å². The van der Waals surface area contributed by atoms with Crippen molar-refractivity contribution in [3.05, 3.63) is 67.7 Å². The Labute approximate surface area is 211 Å². The first-order chi connectivity index (χ1) is 15.3. The molecule has 4 rings (SSSR count). The minimum absolute atomic E-state index is 0.0219. The summed E-state index contributed by atoms with van der Waals surface area (Å²) < 4.78 is 6.41. The molecule has 2 aromatic rings. The number of benzene rings is 2. The molecule has 11 heteroatoms. The van der Waals surface area contributed by atoms with E-state index in [1.54, 1.807) is 24.3 Å². The maximum Gasteiger partial charge on any atom is 0.353 e. The Hall–Kier alpha value is -1.89. The van der Waals surface area contributed by atoms with E-state index in [1.165, 1.54) is 28.4 Å². The first-order valence-corrected chi connectivity index (χ1v) is 12.7. The fraction of sp³-hybridized carbons (Fsp3) is 0.190. The van der Waals surface area contributed by atoms with Crippen LogP contribution in [0.1, 0.15) is 0 Å². The van der Waals surface area contributed by atoms with Crippen molar-refractivity contribution in [1.82, 2.24) is 10.2 Å². The third kappa shape index (κ3) is 4.87. The molecule has 2 atom stereocenters. The van der Waals surface area contributed by atoms with Gasteiger partial charge >= 0.3 is 5.97 Å². The highest BCUT2D eigenvalue weighted by molar-refractivity contribution is 14.1. The molecule has 1 fully saturated rings. The van der Waals surface area contributed by atoms with E-state index in [1.807, 2.05) is 24.3 Å². The zero-order valence-electron chi connectivity index (χ0n) is 16.3. The standard InChI is InChI=1S/C21H16ClIN2O5S2/c22-11-5-7-12(8-6-11)30-9-16(26)24-17-19(27)25-18(21(28)29)15(10-31-20(17)25)32-14-4-2-1-3-13(14)23/h1-8,17,20H,9-10H2,(H,24,26)(H,28,29)/t17-,20-/m1/s1. The van der Waals surface area contributed by atoms with E-state index >= 15 is 0 Å². The topological polar surface area (TPSA) is 95.9 Å². The molecule has 7 nitrogen and oxygen atoms in total. The predicted molar refractivity (Wildman–Crippen MR) is 132 cm³/mol. The molecule has 2 heterocycles. The smallest absolute Gasteiger partial charge is 0.353 e. The van der Waals surface area contributed by atoms with E-state index < -0.39 is 29.2 Å². The number of carbonyl (C=O) groups is 3. The lowest BCUT2D eigenvalue weighted by Crippen LogP contribution is -2.70. The van der Waals surface area contributed by atoms with Crippen molar-refractivity contribution >= 4 is 75.5 Å². The van der Waals surface area contributed by atoms with Crippen molar-refractivity contribution in [1.29, 1.82) is 0 Å². The monoisotopic (exact) mass is 602 g/mol. The predicted octanol–water partition coefficient (Wildman–Crippen LogP) is 3.81. The second kappa shape index (κ2) is 9.94. The number of thioether (sulfide) groups is 2. The zero-order chi connectivity index (χ0) is 22.8. The molecule has 0 bridgehead atoms. The Kier molecular flexibility index (Phi) is 7.23. The van der Waals surface area contributed by atoms with Crippen LogP contribution >= 0.6 is 57.7 Å². The van der Waals surface area contributed by atoms with Crippen molar-refractivity contribution in [2.75, 3.05) is 12.4 Å². The molecule has 1 saturated heterocycles. The van der Waals surface area contributed by atoms with Gasteiger partial charge in [-0.2, -0.15) is 0 Å². The van der Waals surface area contributed by atoms with Crippen LogP contribution in [-0.4, -0.2) is 51.6 Å². The summed E-state index contributed by atoms with van der Waals surface area (Å²) in [6.07, 6.45) is 0. The van der Waals surface area contributed by atoms with E-state index in [9.17, 15) is 19.5 Å². The molecular formula is C21H16ClIN2O5S2. The van der Waals surface area contributed by atoms with Gasteiger partial charge in [-0.05, 0) is 59.0 Å². The minimum atomic E-state index is -1.16.